The van der Waals surface area contributed by atoms with Gasteiger partial charge in [-0.25, -0.2) is 0 Å². The van der Waals surface area contributed by atoms with E-state index in [4.69, 9.17) is 13.9 Å². The molecule has 1 N–H and O–H groups in total. The summed E-state index contributed by atoms with van der Waals surface area (Å²) in [4.78, 5) is 2.57. The maximum Gasteiger partial charge on any atom is 0.125 e. The van der Waals surface area contributed by atoms with Gasteiger partial charge in [-0.3, -0.25) is 4.90 Å². The molecule has 4 rings (SSSR count). The molecular weight excluding hydrogens is 408 g/mol. The van der Waals surface area contributed by atoms with Crippen molar-refractivity contribution in [1.29, 1.82) is 0 Å². The zero-order valence-corrected chi connectivity index (χ0v) is 17.1. The number of halogens is 1. The number of rotatable bonds is 7. The first-order valence-corrected chi connectivity index (χ1v) is 10.5. The molecule has 2 aliphatic heterocycles. The standard InChI is InChI=1S/C21H27BrN2O3/c22-18-5-3-16(4-6-18)21(20-2-1-10-27-20)23-14-19(17-7-11-26-15-17)24-8-12-25-13-9-24/h1-6,10,17,19,21,23H,7-9,11-15H2. The van der Waals surface area contributed by atoms with E-state index in [1.807, 2.05) is 12.1 Å². The van der Waals surface area contributed by atoms with Crippen LogP contribution in [0.5, 0.6) is 0 Å². The SMILES string of the molecule is Brc1ccc(C(NCC(C2CCOC2)N2CCOCC2)c2ccco2)cc1. The van der Waals surface area contributed by atoms with Crippen molar-refractivity contribution < 1.29 is 13.9 Å². The molecule has 146 valence electrons. The third kappa shape index (κ3) is 4.81. The Morgan fingerprint density at radius 3 is 2.56 bits per heavy atom. The topological polar surface area (TPSA) is 46.9 Å². The fourth-order valence-electron chi connectivity index (χ4n) is 4.09. The van der Waals surface area contributed by atoms with Crippen molar-refractivity contribution in [3.05, 3.63) is 58.5 Å². The van der Waals surface area contributed by atoms with E-state index in [9.17, 15) is 0 Å². The van der Waals surface area contributed by atoms with Crippen LogP contribution in [0.3, 0.4) is 0 Å². The summed E-state index contributed by atoms with van der Waals surface area (Å²) in [7, 11) is 0. The van der Waals surface area contributed by atoms with Crippen LogP contribution in [0, 0.1) is 5.92 Å². The zero-order chi connectivity index (χ0) is 18.5. The van der Waals surface area contributed by atoms with Gasteiger partial charge in [0, 0.05) is 42.7 Å². The van der Waals surface area contributed by atoms with Gasteiger partial charge in [-0.15, -0.1) is 0 Å². The van der Waals surface area contributed by atoms with E-state index in [0.717, 1.165) is 62.7 Å². The Bertz CT molecular complexity index is 680. The van der Waals surface area contributed by atoms with Crippen LogP contribution in [-0.4, -0.2) is 57.0 Å². The molecule has 0 aliphatic carbocycles. The number of morpholine rings is 1. The van der Waals surface area contributed by atoms with E-state index in [1.165, 1.54) is 5.56 Å². The quantitative estimate of drug-likeness (QED) is 0.722. The van der Waals surface area contributed by atoms with Gasteiger partial charge in [0.15, 0.2) is 0 Å². The van der Waals surface area contributed by atoms with Crippen LogP contribution in [0.25, 0.3) is 0 Å². The summed E-state index contributed by atoms with van der Waals surface area (Å²) in [5.41, 5.74) is 1.21. The Kier molecular flexibility index (Phi) is 6.63. The minimum Gasteiger partial charge on any atom is -0.467 e. The van der Waals surface area contributed by atoms with E-state index in [2.05, 4.69) is 50.4 Å². The zero-order valence-electron chi connectivity index (χ0n) is 15.5. The van der Waals surface area contributed by atoms with E-state index in [0.29, 0.717) is 12.0 Å². The van der Waals surface area contributed by atoms with E-state index in [-0.39, 0.29) is 6.04 Å². The first kappa shape index (κ1) is 19.2. The molecule has 0 radical (unpaired) electrons. The van der Waals surface area contributed by atoms with Crippen molar-refractivity contribution in [3.8, 4) is 0 Å². The van der Waals surface area contributed by atoms with Gasteiger partial charge in [0.25, 0.3) is 0 Å². The highest BCUT2D eigenvalue weighted by Crippen LogP contribution is 2.26. The molecule has 0 amide bonds. The predicted octanol–water partition coefficient (Wildman–Crippen LogP) is 3.46. The Morgan fingerprint density at radius 1 is 1.07 bits per heavy atom. The Balaban J connectivity index is 1.51. The van der Waals surface area contributed by atoms with Crippen molar-refractivity contribution in [3.63, 3.8) is 0 Å². The largest absolute Gasteiger partial charge is 0.467 e. The third-order valence-corrected chi connectivity index (χ3v) is 6.11. The van der Waals surface area contributed by atoms with Crippen molar-refractivity contribution in [2.45, 2.75) is 18.5 Å². The van der Waals surface area contributed by atoms with Crippen molar-refractivity contribution in [2.75, 3.05) is 46.1 Å². The molecule has 0 spiro atoms. The molecule has 6 heteroatoms. The molecular formula is C21H27BrN2O3. The first-order chi connectivity index (χ1) is 13.3. The van der Waals surface area contributed by atoms with Crippen molar-refractivity contribution in [1.82, 2.24) is 10.2 Å². The van der Waals surface area contributed by atoms with Gasteiger partial charge in [-0.05, 0) is 36.2 Å². The lowest BCUT2D eigenvalue weighted by atomic mass is 9.95. The fraction of sp³-hybridized carbons (Fsp3) is 0.524. The van der Waals surface area contributed by atoms with Gasteiger partial charge >= 0.3 is 0 Å². The van der Waals surface area contributed by atoms with E-state index >= 15 is 0 Å². The number of furan rings is 1. The minimum atomic E-state index is 0.0407. The van der Waals surface area contributed by atoms with Gasteiger partial charge in [0.05, 0.1) is 32.1 Å². The fourth-order valence-corrected chi connectivity index (χ4v) is 4.36. The molecule has 2 fully saturated rings. The number of ether oxygens (including phenoxy) is 2. The van der Waals surface area contributed by atoms with Crippen LogP contribution < -0.4 is 5.32 Å². The van der Waals surface area contributed by atoms with E-state index in [1.54, 1.807) is 6.26 Å². The average molecular weight is 435 g/mol. The molecule has 1 aromatic heterocycles. The van der Waals surface area contributed by atoms with Crippen LogP contribution in [0.1, 0.15) is 23.8 Å². The van der Waals surface area contributed by atoms with Crippen LogP contribution in [0.15, 0.2) is 51.6 Å². The molecule has 2 aliphatic rings. The highest BCUT2D eigenvalue weighted by molar-refractivity contribution is 9.10. The normalized spacial score (nSPS) is 23.4. The molecule has 2 saturated heterocycles. The Hall–Kier alpha value is -1.18. The molecule has 3 heterocycles. The van der Waals surface area contributed by atoms with Crippen LogP contribution in [-0.2, 0) is 9.47 Å². The Labute approximate surface area is 169 Å². The lowest BCUT2D eigenvalue weighted by Crippen LogP contribution is -2.52. The number of nitrogens with zero attached hydrogens (tertiary/aromatic N) is 1. The second kappa shape index (κ2) is 9.34. The second-order valence-electron chi connectivity index (χ2n) is 7.25. The summed E-state index contributed by atoms with van der Waals surface area (Å²) >= 11 is 3.53. The molecule has 0 saturated carbocycles. The Morgan fingerprint density at radius 2 is 1.89 bits per heavy atom. The highest BCUT2D eigenvalue weighted by Gasteiger charge is 2.32. The lowest BCUT2D eigenvalue weighted by Gasteiger charge is -2.38. The van der Waals surface area contributed by atoms with Crippen molar-refractivity contribution >= 4 is 15.9 Å². The molecule has 5 nitrogen and oxygen atoms in total. The smallest absolute Gasteiger partial charge is 0.125 e. The summed E-state index contributed by atoms with van der Waals surface area (Å²) < 4.78 is 18.1. The predicted molar refractivity (Wildman–Crippen MR) is 108 cm³/mol. The van der Waals surface area contributed by atoms with Crippen LogP contribution in [0.4, 0.5) is 0 Å². The third-order valence-electron chi connectivity index (χ3n) is 5.59. The monoisotopic (exact) mass is 434 g/mol. The maximum atomic E-state index is 5.75. The van der Waals surface area contributed by atoms with Crippen LogP contribution in [0.2, 0.25) is 0 Å². The van der Waals surface area contributed by atoms with Gasteiger partial charge in [0.2, 0.25) is 0 Å². The van der Waals surface area contributed by atoms with Gasteiger partial charge in [0.1, 0.15) is 5.76 Å². The molecule has 0 bridgehead atoms. The number of nitrogens with one attached hydrogen (secondary N) is 1. The highest BCUT2D eigenvalue weighted by atomic mass is 79.9. The summed E-state index contributed by atoms with van der Waals surface area (Å²) in [5, 5.41) is 3.79. The number of benzene rings is 1. The first-order valence-electron chi connectivity index (χ1n) is 9.73. The molecule has 3 atom stereocenters. The summed E-state index contributed by atoms with van der Waals surface area (Å²) in [6, 6.07) is 12.9. The number of hydrogen-bond donors (Lipinski definition) is 1. The summed E-state index contributed by atoms with van der Waals surface area (Å²) in [6.45, 7) is 6.25. The maximum absolute atomic E-state index is 5.75. The molecule has 1 aromatic carbocycles. The van der Waals surface area contributed by atoms with Crippen molar-refractivity contribution in [2.24, 2.45) is 5.92 Å². The lowest BCUT2D eigenvalue weighted by molar-refractivity contribution is 0.000923. The average Bonchev–Trinajstić information content (AvgIpc) is 3.41. The summed E-state index contributed by atoms with van der Waals surface area (Å²) in [6.07, 6.45) is 2.88. The van der Waals surface area contributed by atoms with E-state index < -0.39 is 0 Å². The summed E-state index contributed by atoms with van der Waals surface area (Å²) in [5.74, 6) is 1.51. The number of hydrogen-bond acceptors (Lipinski definition) is 5. The van der Waals surface area contributed by atoms with Crippen LogP contribution >= 0.6 is 15.9 Å². The van der Waals surface area contributed by atoms with Gasteiger partial charge in [-0.1, -0.05) is 28.1 Å². The van der Waals surface area contributed by atoms with Gasteiger partial charge < -0.3 is 19.2 Å². The molecule has 27 heavy (non-hydrogen) atoms. The second-order valence-corrected chi connectivity index (χ2v) is 8.16. The molecule has 2 aromatic rings. The minimum absolute atomic E-state index is 0.0407. The molecule has 3 unspecified atom stereocenters. The van der Waals surface area contributed by atoms with Gasteiger partial charge in [-0.2, -0.15) is 0 Å².